The Morgan fingerprint density at radius 1 is 1.17 bits per heavy atom. The van der Waals surface area contributed by atoms with E-state index in [2.05, 4.69) is 15.8 Å². The van der Waals surface area contributed by atoms with Crippen molar-refractivity contribution in [2.75, 3.05) is 6.54 Å². The first-order chi connectivity index (χ1) is 11.6. The Morgan fingerprint density at radius 3 is 2.46 bits per heavy atom. The second kappa shape index (κ2) is 9.47. The van der Waals surface area contributed by atoms with Crippen LogP contribution >= 0.6 is 35.4 Å². The molecule has 2 rings (SSSR count). The smallest absolute Gasteiger partial charge is 0.186 e. The molecular formula is C17H17Cl2N3OS. The third-order valence-corrected chi connectivity index (χ3v) is 3.99. The summed E-state index contributed by atoms with van der Waals surface area (Å²) < 4.78 is 5.72. The van der Waals surface area contributed by atoms with Gasteiger partial charge in [0.05, 0.1) is 6.21 Å². The van der Waals surface area contributed by atoms with Crippen LogP contribution in [-0.2, 0) is 6.61 Å². The Hall–Kier alpha value is -1.82. The molecule has 7 heteroatoms. The van der Waals surface area contributed by atoms with E-state index < -0.39 is 0 Å². The molecule has 0 amide bonds. The summed E-state index contributed by atoms with van der Waals surface area (Å²) in [5.41, 5.74) is 4.43. The summed E-state index contributed by atoms with van der Waals surface area (Å²) in [6.07, 6.45) is 1.68. The molecule has 24 heavy (non-hydrogen) atoms. The van der Waals surface area contributed by atoms with E-state index in [9.17, 15) is 0 Å². The zero-order valence-corrected chi connectivity index (χ0v) is 15.4. The highest BCUT2D eigenvalue weighted by Gasteiger charge is 2.06. The minimum atomic E-state index is 0.310. The van der Waals surface area contributed by atoms with Crippen LogP contribution in [0.1, 0.15) is 18.1 Å². The quantitative estimate of drug-likeness (QED) is 0.442. The molecule has 0 aliphatic rings. The van der Waals surface area contributed by atoms with Gasteiger partial charge in [0.1, 0.15) is 12.4 Å². The molecule has 2 N–H and O–H groups in total. The predicted molar refractivity (Wildman–Crippen MR) is 104 cm³/mol. The summed E-state index contributed by atoms with van der Waals surface area (Å²) >= 11 is 17.3. The maximum Gasteiger partial charge on any atom is 0.186 e. The van der Waals surface area contributed by atoms with E-state index in [0.29, 0.717) is 21.8 Å². The minimum absolute atomic E-state index is 0.310. The topological polar surface area (TPSA) is 45.7 Å². The van der Waals surface area contributed by atoms with E-state index >= 15 is 0 Å². The number of ether oxygens (including phenoxy) is 1. The van der Waals surface area contributed by atoms with Crippen molar-refractivity contribution in [1.82, 2.24) is 10.7 Å². The molecule has 2 aromatic carbocycles. The number of benzene rings is 2. The van der Waals surface area contributed by atoms with Crippen LogP contribution in [0.15, 0.2) is 47.6 Å². The van der Waals surface area contributed by atoms with Gasteiger partial charge in [-0.2, -0.15) is 5.10 Å². The van der Waals surface area contributed by atoms with E-state index in [1.807, 2.05) is 31.2 Å². The summed E-state index contributed by atoms with van der Waals surface area (Å²) in [6.45, 7) is 3.03. The van der Waals surface area contributed by atoms with Gasteiger partial charge in [-0.1, -0.05) is 29.3 Å². The molecule has 0 fully saturated rings. The average Bonchev–Trinajstić information content (AvgIpc) is 2.56. The summed E-state index contributed by atoms with van der Waals surface area (Å²) in [7, 11) is 0. The van der Waals surface area contributed by atoms with Gasteiger partial charge in [-0.3, -0.25) is 5.43 Å². The first kappa shape index (κ1) is 18.5. The molecule has 0 spiro atoms. The summed E-state index contributed by atoms with van der Waals surface area (Å²) in [5.74, 6) is 0.722. The molecule has 0 saturated heterocycles. The molecule has 0 atom stereocenters. The van der Waals surface area contributed by atoms with E-state index in [-0.39, 0.29) is 0 Å². The normalized spacial score (nSPS) is 10.6. The number of thiocarbonyl (C=S) groups is 1. The molecule has 0 aromatic heterocycles. The summed E-state index contributed by atoms with van der Waals surface area (Å²) in [6, 6.07) is 12.9. The van der Waals surface area contributed by atoms with Gasteiger partial charge in [-0.25, -0.2) is 0 Å². The van der Waals surface area contributed by atoms with Gasteiger partial charge in [0.2, 0.25) is 0 Å². The highest BCUT2D eigenvalue weighted by molar-refractivity contribution is 7.80. The summed E-state index contributed by atoms with van der Waals surface area (Å²) in [5, 5.41) is 8.67. The number of hydrazone groups is 1. The fourth-order valence-electron chi connectivity index (χ4n) is 1.84. The van der Waals surface area contributed by atoms with E-state index in [1.165, 1.54) is 0 Å². The molecule has 0 aliphatic carbocycles. The molecule has 0 saturated carbocycles. The predicted octanol–water partition coefficient (Wildman–Crippen LogP) is 4.39. The Labute approximate surface area is 156 Å². The van der Waals surface area contributed by atoms with Crippen LogP contribution in [0.4, 0.5) is 0 Å². The zero-order chi connectivity index (χ0) is 17.4. The van der Waals surface area contributed by atoms with Gasteiger partial charge in [0.15, 0.2) is 5.11 Å². The molecule has 0 aliphatic heterocycles. The third kappa shape index (κ3) is 5.67. The van der Waals surface area contributed by atoms with Crippen molar-refractivity contribution in [3.05, 3.63) is 63.6 Å². The highest BCUT2D eigenvalue weighted by atomic mass is 35.5. The van der Waals surface area contributed by atoms with Crippen LogP contribution in [0.5, 0.6) is 5.75 Å². The first-order valence-electron chi connectivity index (χ1n) is 7.32. The van der Waals surface area contributed by atoms with E-state index in [4.69, 9.17) is 40.2 Å². The van der Waals surface area contributed by atoms with Gasteiger partial charge in [0, 0.05) is 22.2 Å². The number of nitrogens with zero attached hydrogens (tertiary/aromatic N) is 1. The van der Waals surface area contributed by atoms with Crippen LogP contribution in [0.25, 0.3) is 0 Å². The third-order valence-electron chi connectivity index (χ3n) is 3.04. The first-order valence-corrected chi connectivity index (χ1v) is 8.49. The number of nitrogens with one attached hydrogen (secondary N) is 2. The minimum Gasteiger partial charge on any atom is -0.489 e. The van der Waals surface area contributed by atoms with Crippen molar-refractivity contribution in [2.45, 2.75) is 13.5 Å². The Balaban J connectivity index is 1.90. The van der Waals surface area contributed by atoms with Crippen molar-refractivity contribution in [1.29, 1.82) is 0 Å². The van der Waals surface area contributed by atoms with E-state index in [0.717, 1.165) is 23.4 Å². The van der Waals surface area contributed by atoms with Gasteiger partial charge in [0.25, 0.3) is 0 Å². The SMILES string of the molecule is CCNC(=S)NN=Cc1ccc(OCc2c(Cl)cccc2Cl)cc1. The van der Waals surface area contributed by atoms with E-state index in [1.54, 1.807) is 24.4 Å². The lowest BCUT2D eigenvalue weighted by atomic mass is 10.2. The monoisotopic (exact) mass is 381 g/mol. The lowest BCUT2D eigenvalue weighted by Crippen LogP contribution is -2.31. The Kier molecular flexibility index (Phi) is 7.31. The molecule has 2 aromatic rings. The van der Waals surface area contributed by atoms with Gasteiger partial charge in [-0.05, 0) is 61.1 Å². The highest BCUT2D eigenvalue weighted by Crippen LogP contribution is 2.25. The lowest BCUT2D eigenvalue weighted by Gasteiger charge is -2.09. The Morgan fingerprint density at radius 2 is 1.83 bits per heavy atom. The van der Waals surface area contributed by atoms with Gasteiger partial charge < -0.3 is 10.1 Å². The fraction of sp³-hybridized carbons (Fsp3) is 0.176. The van der Waals surface area contributed by atoms with Crippen LogP contribution in [0.3, 0.4) is 0 Å². The van der Waals surface area contributed by atoms with Crippen LogP contribution < -0.4 is 15.5 Å². The van der Waals surface area contributed by atoms with Crippen LogP contribution in [0, 0.1) is 0 Å². The second-order valence-electron chi connectivity index (χ2n) is 4.79. The maximum absolute atomic E-state index is 6.12. The zero-order valence-electron chi connectivity index (χ0n) is 13.1. The lowest BCUT2D eigenvalue weighted by molar-refractivity contribution is 0.306. The maximum atomic E-state index is 6.12. The molecular weight excluding hydrogens is 365 g/mol. The van der Waals surface area contributed by atoms with Crippen molar-refractivity contribution in [3.63, 3.8) is 0 Å². The molecule has 0 heterocycles. The van der Waals surface area contributed by atoms with Gasteiger partial charge >= 0.3 is 0 Å². The standard InChI is InChI=1S/C17H17Cl2N3OS/c1-2-20-17(24)22-21-10-12-6-8-13(9-7-12)23-11-14-15(18)4-3-5-16(14)19/h3-10H,2,11H2,1H3,(H2,20,22,24). The molecule has 126 valence electrons. The van der Waals surface area contributed by atoms with Crippen molar-refractivity contribution in [3.8, 4) is 5.75 Å². The second-order valence-corrected chi connectivity index (χ2v) is 6.01. The summed E-state index contributed by atoms with van der Waals surface area (Å²) in [4.78, 5) is 0. The van der Waals surface area contributed by atoms with Crippen LogP contribution in [-0.4, -0.2) is 17.9 Å². The largest absolute Gasteiger partial charge is 0.489 e. The Bertz CT molecular complexity index is 700. The number of hydrogen-bond acceptors (Lipinski definition) is 3. The molecule has 0 bridgehead atoms. The van der Waals surface area contributed by atoms with Crippen molar-refractivity contribution >= 4 is 46.7 Å². The fourth-order valence-corrected chi connectivity index (χ4v) is 2.54. The molecule has 0 unspecified atom stereocenters. The number of rotatable bonds is 6. The van der Waals surface area contributed by atoms with Crippen molar-refractivity contribution in [2.24, 2.45) is 5.10 Å². The average molecular weight is 382 g/mol. The number of hydrogen-bond donors (Lipinski definition) is 2. The van der Waals surface area contributed by atoms with Crippen LogP contribution in [0.2, 0.25) is 10.0 Å². The van der Waals surface area contributed by atoms with Crippen molar-refractivity contribution < 1.29 is 4.74 Å². The molecule has 0 radical (unpaired) electrons. The number of halogens is 2. The molecule has 4 nitrogen and oxygen atoms in total. The van der Waals surface area contributed by atoms with Gasteiger partial charge in [-0.15, -0.1) is 0 Å².